The molecule has 0 fully saturated rings. The van der Waals surface area contributed by atoms with E-state index in [1.807, 2.05) is 24.3 Å². The van der Waals surface area contributed by atoms with Crippen LogP contribution in [-0.4, -0.2) is 17.8 Å². The highest BCUT2D eigenvalue weighted by molar-refractivity contribution is 7.13. The zero-order chi connectivity index (χ0) is 10.2. The summed E-state index contributed by atoms with van der Waals surface area (Å²) in [7, 11) is 2.68. The van der Waals surface area contributed by atoms with E-state index in [9.17, 15) is 0 Å². The molecule has 1 aromatic carbocycles. The van der Waals surface area contributed by atoms with Crippen molar-refractivity contribution in [1.82, 2.24) is 4.67 Å². The second-order valence-electron chi connectivity index (χ2n) is 3.06. The Morgan fingerprint density at radius 3 is 2.57 bits per heavy atom. The van der Waals surface area contributed by atoms with E-state index in [0.717, 1.165) is 13.1 Å². The lowest BCUT2D eigenvalue weighted by Crippen LogP contribution is -2.09. The molecule has 0 aliphatic carbocycles. The zero-order valence-corrected chi connectivity index (χ0v) is 9.42. The Labute approximate surface area is 88.4 Å². The molecule has 0 saturated heterocycles. The van der Waals surface area contributed by atoms with Gasteiger partial charge in [-0.15, -0.1) is 6.58 Å². The van der Waals surface area contributed by atoms with Crippen LogP contribution in [0.1, 0.15) is 5.56 Å². The first-order valence-electron chi connectivity index (χ1n) is 4.65. The minimum atomic E-state index is 0.893. The van der Waals surface area contributed by atoms with Crippen molar-refractivity contribution in [2.24, 2.45) is 0 Å². The van der Waals surface area contributed by atoms with Crippen LogP contribution in [0.25, 0.3) is 6.08 Å². The molecular weight excluding hydrogens is 189 g/mol. The molecule has 14 heavy (non-hydrogen) atoms. The summed E-state index contributed by atoms with van der Waals surface area (Å²) in [5.74, 6) is 0. The molecule has 1 atom stereocenters. The summed E-state index contributed by atoms with van der Waals surface area (Å²) in [4.78, 5) is 0. The molecule has 0 aromatic heterocycles. The van der Waals surface area contributed by atoms with Gasteiger partial charge >= 0.3 is 0 Å². The number of hydrogen-bond donors (Lipinski definition) is 0. The lowest BCUT2D eigenvalue weighted by atomic mass is 10.2. The molecule has 0 aliphatic rings. The molecule has 0 saturated carbocycles. The lowest BCUT2D eigenvalue weighted by molar-refractivity contribution is 0.579. The quantitative estimate of drug-likeness (QED) is 0.527. The summed E-state index contributed by atoms with van der Waals surface area (Å²) in [6.45, 7) is 5.50. The molecule has 1 unspecified atom stereocenters. The fourth-order valence-electron chi connectivity index (χ4n) is 1.13. The van der Waals surface area contributed by atoms with E-state index in [1.54, 1.807) is 0 Å². The number of nitrogens with zero attached hydrogens (tertiary/aromatic N) is 1. The van der Waals surface area contributed by atoms with Crippen molar-refractivity contribution in [3.8, 4) is 0 Å². The summed E-state index contributed by atoms with van der Waals surface area (Å²) in [6.07, 6.45) is 6.16. The van der Waals surface area contributed by atoms with Gasteiger partial charge in [0, 0.05) is 13.1 Å². The molecule has 1 nitrogen and oxygen atoms in total. The maximum Gasteiger partial charge on any atom is 0.0203 e. The summed E-state index contributed by atoms with van der Waals surface area (Å²) in [6, 6.07) is 10.3. The molecular formula is C12H16NP. The van der Waals surface area contributed by atoms with Crippen molar-refractivity contribution < 1.29 is 0 Å². The van der Waals surface area contributed by atoms with Gasteiger partial charge in [-0.1, -0.05) is 58.0 Å². The normalized spacial score (nSPS) is 11.0. The van der Waals surface area contributed by atoms with Crippen molar-refractivity contribution in [1.29, 1.82) is 0 Å². The molecule has 0 radical (unpaired) electrons. The van der Waals surface area contributed by atoms with Gasteiger partial charge in [0.2, 0.25) is 0 Å². The zero-order valence-electron chi connectivity index (χ0n) is 8.26. The van der Waals surface area contributed by atoms with Gasteiger partial charge in [0.15, 0.2) is 0 Å². The van der Waals surface area contributed by atoms with Crippen molar-refractivity contribution in [2.45, 2.75) is 0 Å². The van der Waals surface area contributed by atoms with E-state index >= 15 is 0 Å². The molecule has 2 heteroatoms. The first-order valence-corrected chi connectivity index (χ1v) is 5.16. The van der Waals surface area contributed by atoms with E-state index in [1.165, 1.54) is 5.56 Å². The standard InChI is InChI=1S/C12H16NP/c1-2-10-13(14)11-6-9-12-7-4-3-5-8-12/h2-9H,1,10-11,14H2/b9-6+. The summed E-state index contributed by atoms with van der Waals surface area (Å²) >= 11 is 0. The molecule has 0 heterocycles. The average Bonchev–Trinajstić information content (AvgIpc) is 2.20. The molecule has 0 N–H and O–H groups in total. The fraction of sp³-hybridized carbons (Fsp3) is 0.167. The lowest BCUT2D eigenvalue weighted by Gasteiger charge is -2.09. The second-order valence-corrected chi connectivity index (χ2v) is 3.79. The van der Waals surface area contributed by atoms with Crippen LogP contribution in [0, 0.1) is 0 Å². The van der Waals surface area contributed by atoms with Gasteiger partial charge in [-0.3, -0.25) is 4.67 Å². The maximum absolute atomic E-state index is 3.69. The highest BCUT2D eigenvalue weighted by Gasteiger charge is 1.89. The van der Waals surface area contributed by atoms with Gasteiger partial charge in [0.05, 0.1) is 0 Å². The highest BCUT2D eigenvalue weighted by Crippen LogP contribution is 2.03. The third kappa shape index (κ3) is 4.36. The van der Waals surface area contributed by atoms with E-state index in [4.69, 9.17) is 0 Å². The van der Waals surface area contributed by atoms with E-state index in [-0.39, 0.29) is 0 Å². The topological polar surface area (TPSA) is 3.24 Å². The smallest absolute Gasteiger partial charge is 0.0203 e. The molecule has 74 valence electrons. The van der Waals surface area contributed by atoms with Gasteiger partial charge in [-0.05, 0) is 5.56 Å². The van der Waals surface area contributed by atoms with Crippen LogP contribution < -0.4 is 0 Å². The van der Waals surface area contributed by atoms with E-state index in [0.29, 0.717) is 0 Å². The predicted octanol–water partition coefficient (Wildman–Crippen LogP) is 2.98. The Bertz CT molecular complexity index is 292. The highest BCUT2D eigenvalue weighted by atomic mass is 31.0. The van der Waals surface area contributed by atoms with Crippen LogP contribution >= 0.6 is 9.39 Å². The van der Waals surface area contributed by atoms with E-state index in [2.05, 4.69) is 44.9 Å². The molecule has 0 amide bonds. The van der Waals surface area contributed by atoms with Crippen molar-refractivity contribution in [2.75, 3.05) is 13.1 Å². The van der Waals surface area contributed by atoms with Crippen molar-refractivity contribution in [3.63, 3.8) is 0 Å². The first-order chi connectivity index (χ1) is 6.83. The Morgan fingerprint density at radius 1 is 1.21 bits per heavy atom. The number of hydrogen-bond acceptors (Lipinski definition) is 1. The summed E-state index contributed by atoms with van der Waals surface area (Å²) in [5.41, 5.74) is 1.24. The minimum absolute atomic E-state index is 0.893. The van der Waals surface area contributed by atoms with Crippen LogP contribution in [-0.2, 0) is 0 Å². The molecule has 0 aliphatic heterocycles. The van der Waals surface area contributed by atoms with E-state index < -0.39 is 0 Å². The molecule has 1 aromatic rings. The molecule has 0 bridgehead atoms. The first kappa shape index (κ1) is 11.2. The second kappa shape index (κ2) is 6.53. The third-order valence-electron chi connectivity index (χ3n) is 1.81. The minimum Gasteiger partial charge on any atom is -0.280 e. The van der Waals surface area contributed by atoms with Crippen LogP contribution in [0.2, 0.25) is 0 Å². The van der Waals surface area contributed by atoms with Crippen molar-refractivity contribution in [3.05, 3.63) is 54.6 Å². The van der Waals surface area contributed by atoms with Gasteiger partial charge in [0.25, 0.3) is 0 Å². The largest absolute Gasteiger partial charge is 0.280 e. The van der Waals surface area contributed by atoms with Crippen LogP contribution in [0.4, 0.5) is 0 Å². The van der Waals surface area contributed by atoms with Gasteiger partial charge in [-0.25, -0.2) is 0 Å². The van der Waals surface area contributed by atoms with Crippen molar-refractivity contribution >= 4 is 15.5 Å². The van der Waals surface area contributed by atoms with Gasteiger partial charge < -0.3 is 0 Å². The van der Waals surface area contributed by atoms with Crippen LogP contribution in [0.5, 0.6) is 0 Å². The van der Waals surface area contributed by atoms with Gasteiger partial charge in [-0.2, -0.15) is 0 Å². The average molecular weight is 205 g/mol. The Morgan fingerprint density at radius 2 is 1.93 bits per heavy atom. The number of benzene rings is 1. The molecule has 1 rings (SSSR count). The SMILES string of the molecule is C=CCN(P)C/C=C/c1ccccc1. The summed E-state index contributed by atoms with van der Waals surface area (Å²) < 4.78 is 2.12. The predicted molar refractivity (Wildman–Crippen MR) is 67.0 cm³/mol. The molecule has 0 spiro atoms. The fourth-order valence-corrected chi connectivity index (χ4v) is 1.40. The number of rotatable bonds is 5. The van der Waals surface area contributed by atoms with Crippen LogP contribution in [0.3, 0.4) is 0 Å². The Balaban J connectivity index is 2.37. The summed E-state index contributed by atoms with van der Waals surface area (Å²) in [5, 5.41) is 0. The van der Waals surface area contributed by atoms with Gasteiger partial charge in [0.1, 0.15) is 0 Å². The Kier molecular flexibility index (Phi) is 5.21. The Hall–Kier alpha value is -0.910. The third-order valence-corrected chi connectivity index (χ3v) is 2.24. The van der Waals surface area contributed by atoms with Crippen LogP contribution in [0.15, 0.2) is 49.1 Å². The maximum atomic E-state index is 3.69. The monoisotopic (exact) mass is 205 g/mol.